The van der Waals surface area contributed by atoms with Crippen LogP contribution in [0.3, 0.4) is 0 Å². The molecule has 1 aromatic carbocycles. The zero-order chi connectivity index (χ0) is 13.8. The van der Waals surface area contributed by atoms with Crippen LogP contribution >= 0.6 is 0 Å². The van der Waals surface area contributed by atoms with Crippen molar-refractivity contribution in [2.45, 2.75) is 32.4 Å². The molecule has 0 heterocycles. The van der Waals surface area contributed by atoms with Crippen molar-refractivity contribution in [3.63, 3.8) is 0 Å². The lowest BCUT2D eigenvalue weighted by Gasteiger charge is -2.29. The van der Waals surface area contributed by atoms with Crippen molar-refractivity contribution in [1.82, 2.24) is 5.32 Å². The minimum atomic E-state index is -0.734. The van der Waals surface area contributed by atoms with Gasteiger partial charge in [-0.15, -0.1) is 0 Å². The SMILES string of the molecule is CC(O)C(C)(C)NC(=O)COc1cccc(F)c1. The van der Waals surface area contributed by atoms with Crippen LogP contribution in [0.1, 0.15) is 20.8 Å². The molecule has 0 aromatic heterocycles. The highest BCUT2D eigenvalue weighted by Gasteiger charge is 2.25. The zero-order valence-corrected chi connectivity index (χ0v) is 10.7. The van der Waals surface area contributed by atoms with Crippen molar-refractivity contribution in [1.29, 1.82) is 0 Å². The second kappa shape index (κ2) is 5.82. The zero-order valence-electron chi connectivity index (χ0n) is 10.7. The van der Waals surface area contributed by atoms with Crippen LogP contribution in [0.15, 0.2) is 24.3 Å². The average molecular weight is 255 g/mol. The van der Waals surface area contributed by atoms with Crippen molar-refractivity contribution < 1.29 is 19.0 Å². The Balaban J connectivity index is 2.47. The smallest absolute Gasteiger partial charge is 0.258 e. The average Bonchev–Trinajstić information content (AvgIpc) is 2.25. The van der Waals surface area contributed by atoms with Gasteiger partial charge in [0, 0.05) is 6.07 Å². The largest absolute Gasteiger partial charge is 0.484 e. The summed E-state index contributed by atoms with van der Waals surface area (Å²) in [5.41, 5.74) is -0.734. The third-order valence-electron chi connectivity index (χ3n) is 2.67. The van der Waals surface area contributed by atoms with Crippen LogP contribution in [-0.2, 0) is 4.79 Å². The Morgan fingerprint density at radius 3 is 2.78 bits per heavy atom. The maximum absolute atomic E-state index is 12.9. The molecule has 4 nitrogen and oxygen atoms in total. The van der Waals surface area contributed by atoms with Crippen LogP contribution in [0.5, 0.6) is 5.75 Å². The highest BCUT2D eigenvalue weighted by atomic mass is 19.1. The molecule has 5 heteroatoms. The molecule has 100 valence electrons. The fraction of sp³-hybridized carbons (Fsp3) is 0.462. The summed E-state index contributed by atoms with van der Waals surface area (Å²) in [5.74, 6) is -0.498. The molecule has 0 spiro atoms. The lowest BCUT2D eigenvalue weighted by atomic mass is 9.99. The van der Waals surface area contributed by atoms with E-state index in [1.807, 2.05) is 0 Å². The van der Waals surface area contributed by atoms with E-state index in [-0.39, 0.29) is 12.5 Å². The number of ether oxygens (including phenoxy) is 1. The maximum atomic E-state index is 12.9. The molecule has 1 aromatic rings. The summed E-state index contributed by atoms with van der Waals surface area (Å²) in [6.07, 6.45) is -0.685. The van der Waals surface area contributed by atoms with Crippen molar-refractivity contribution >= 4 is 5.91 Å². The summed E-state index contributed by atoms with van der Waals surface area (Å²) < 4.78 is 18.0. The number of carbonyl (C=O) groups is 1. The first kappa shape index (κ1) is 14.4. The van der Waals surface area contributed by atoms with Crippen LogP contribution in [0, 0.1) is 5.82 Å². The Morgan fingerprint density at radius 2 is 2.22 bits per heavy atom. The number of halogens is 1. The molecule has 1 atom stereocenters. The van der Waals surface area contributed by atoms with E-state index >= 15 is 0 Å². The normalized spacial score (nSPS) is 12.9. The third-order valence-corrected chi connectivity index (χ3v) is 2.67. The lowest BCUT2D eigenvalue weighted by Crippen LogP contribution is -2.52. The second-order valence-electron chi connectivity index (χ2n) is 4.69. The fourth-order valence-electron chi connectivity index (χ4n) is 1.21. The van der Waals surface area contributed by atoms with Crippen LogP contribution in [-0.4, -0.2) is 29.3 Å². The van der Waals surface area contributed by atoms with E-state index in [4.69, 9.17) is 4.74 Å². The number of nitrogens with one attached hydrogen (secondary N) is 1. The number of carbonyl (C=O) groups excluding carboxylic acids is 1. The Labute approximate surface area is 106 Å². The van der Waals surface area contributed by atoms with E-state index in [9.17, 15) is 14.3 Å². The molecule has 0 aliphatic rings. The van der Waals surface area contributed by atoms with Gasteiger partial charge in [0.15, 0.2) is 6.61 Å². The topological polar surface area (TPSA) is 58.6 Å². The number of rotatable bonds is 5. The molecule has 0 saturated heterocycles. The predicted octanol–water partition coefficient (Wildman–Crippen LogP) is 1.48. The molecule has 0 aliphatic heterocycles. The van der Waals surface area contributed by atoms with Gasteiger partial charge in [0.05, 0.1) is 11.6 Å². The van der Waals surface area contributed by atoms with Gasteiger partial charge in [-0.1, -0.05) is 6.07 Å². The molecule has 18 heavy (non-hydrogen) atoms. The molecule has 0 fully saturated rings. The van der Waals surface area contributed by atoms with Crippen LogP contribution in [0.2, 0.25) is 0 Å². The van der Waals surface area contributed by atoms with Gasteiger partial charge < -0.3 is 15.2 Å². The Kier molecular flexibility index (Phi) is 4.67. The van der Waals surface area contributed by atoms with E-state index in [1.165, 1.54) is 18.2 Å². The van der Waals surface area contributed by atoms with Gasteiger partial charge in [-0.3, -0.25) is 4.79 Å². The van der Waals surface area contributed by atoms with Gasteiger partial charge >= 0.3 is 0 Å². The number of aliphatic hydroxyl groups is 1. The van der Waals surface area contributed by atoms with Crippen molar-refractivity contribution in [3.8, 4) is 5.75 Å². The minimum Gasteiger partial charge on any atom is -0.484 e. The molecular weight excluding hydrogens is 237 g/mol. The van der Waals surface area contributed by atoms with Gasteiger partial charge in [0.1, 0.15) is 11.6 Å². The second-order valence-corrected chi connectivity index (χ2v) is 4.69. The maximum Gasteiger partial charge on any atom is 0.258 e. The van der Waals surface area contributed by atoms with E-state index < -0.39 is 17.5 Å². The number of amides is 1. The Morgan fingerprint density at radius 1 is 1.56 bits per heavy atom. The molecule has 1 amide bonds. The molecule has 1 unspecified atom stereocenters. The van der Waals surface area contributed by atoms with E-state index in [2.05, 4.69) is 5.32 Å². The minimum absolute atomic E-state index is 0.223. The van der Waals surface area contributed by atoms with Gasteiger partial charge in [0.25, 0.3) is 5.91 Å². The molecule has 0 saturated carbocycles. The molecule has 0 aliphatic carbocycles. The highest BCUT2D eigenvalue weighted by Crippen LogP contribution is 2.12. The summed E-state index contributed by atoms with van der Waals surface area (Å²) in [6, 6.07) is 5.56. The number of aliphatic hydroxyl groups excluding tert-OH is 1. The first-order valence-corrected chi connectivity index (χ1v) is 5.69. The molecule has 1 rings (SSSR count). The summed E-state index contributed by atoms with van der Waals surface area (Å²) >= 11 is 0. The quantitative estimate of drug-likeness (QED) is 0.838. The molecule has 0 radical (unpaired) electrons. The summed E-state index contributed by atoms with van der Waals surface area (Å²) in [4.78, 5) is 11.6. The van der Waals surface area contributed by atoms with E-state index in [0.717, 1.165) is 0 Å². The summed E-state index contributed by atoms with van der Waals surface area (Å²) in [7, 11) is 0. The van der Waals surface area contributed by atoms with E-state index in [1.54, 1.807) is 26.8 Å². The van der Waals surface area contributed by atoms with Gasteiger partial charge in [-0.25, -0.2) is 4.39 Å². The molecular formula is C13H18FNO3. The monoisotopic (exact) mass is 255 g/mol. The number of benzene rings is 1. The Hall–Kier alpha value is -1.62. The summed E-state index contributed by atoms with van der Waals surface area (Å²) in [5, 5.41) is 12.1. The van der Waals surface area contributed by atoms with Crippen molar-refractivity contribution in [2.24, 2.45) is 0 Å². The van der Waals surface area contributed by atoms with Gasteiger partial charge in [-0.2, -0.15) is 0 Å². The fourth-order valence-corrected chi connectivity index (χ4v) is 1.21. The summed E-state index contributed by atoms with van der Waals surface area (Å²) in [6.45, 7) is 4.78. The number of hydrogen-bond donors (Lipinski definition) is 2. The van der Waals surface area contributed by atoms with Gasteiger partial charge in [0.2, 0.25) is 0 Å². The van der Waals surface area contributed by atoms with Crippen LogP contribution in [0.4, 0.5) is 4.39 Å². The van der Waals surface area contributed by atoms with Crippen molar-refractivity contribution in [2.75, 3.05) is 6.61 Å². The Bertz CT molecular complexity index is 418. The predicted molar refractivity (Wildman–Crippen MR) is 65.8 cm³/mol. The lowest BCUT2D eigenvalue weighted by molar-refractivity contribution is -0.126. The van der Waals surface area contributed by atoms with E-state index in [0.29, 0.717) is 5.75 Å². The molecule has 0 bridgehead atoms. The third kappa shape index (κ3) is 4.33. The first-order chi connectivity index (χ1) is 8.31. The van der Waals surface area contributed by atoms with Crippen LogP contribution in [0.25, 0.3) is 0 Å². The first-order valence-electron chi connectivity index (χ1n) is 5.69. The van der Waals surface area contributed by atoms with Crippen LogP contribution < -0.4 is 10.1 Å². The van der Waals surface area contributed by atoms with Crippen molar-refractivity contribution in [3.05, 3.63) is 30.1 Å². The highest BCUT2D eigenvalue weighted by molar-refractivity contribution is 5.78. The van der Waals surface area contributed by atoms with Gasteiger partial charge in [-0.05, 0) is 32.9 Å². The standard InChI is InChI=1S/C13H18FNO3/c1-9(16)13(2,3)15-12(17)8-18-11-6-4-5-10(14)7-11/h4-7,9,16H,8H2,1-3H3,(H,15,17). The molecule has 2 N–H and O–H groups in total. The number of hydrogen-bond acceptors (Lipinski definition) is 3.